The number of carbonyl (C=O) groups excluding carboxylic acids is 1. The summed E-state index contributed by atoms with van der Waals surface area (Å²) in [6.07, 6.45) is -5.08. The number of hydrogen-bond acceptors (Lipinski definition) is 4. The van der Waals surface area contributed by atoms with Crippen LogP contribution in [0.4, 0.5) is 13.2 Å². The standard InChI is InChI=1S/C9H9N3O.C2HF3O2/c1-11-12-9(13)8-4-2-7(6-10)3-5-8;3-2(4,5)1(6)7/h2-5,11H,1H3,(H,12,13);(H,6,7). The van der Waals surface area contributed by atoms with E-state index in [1.807, 2.05) is 6.07 Å². The van der Waals surface area contributed by atoms with Crippen molar-refractivity contribution in [2.24, 2.45) is 0 Å². The van der Waals surface area contributed by atoms with Gasteiger partial charge in [-0.3, -0.25) is 10.2 Å². The molecule has 0 spiro atoms. The number of halogens is 3. The van der Waals surface area contributed by atoms with Gasteiger partial charge in [-0.1, -0.05) is 0 Å². The van der Waals surface area contributed by atoms with Crippen LogP contribution in [0.2, 0.25) is 0 Å². The molecule has 1 rings (SSSR count). The maximum Gasteiger partial charge on any atom is 0.490 e. The van der Waals surface area contributed by atoms with Gasteiger partial charge in [0.05, 0.1) is 11.6 Å². The van der Waals surface area contributed by atoms with Crippen molar-refractivity contribution in [1.29, 1.82) is 5.26 Å². The molecule has 0 radical (unpaired) electrons. The first-order valence-electron chi connectivity index (χ1n) is 4.99. The third kappa shape index (κ3) is 6.36. The minimum Gasteiger partial charge on any atom is -0.475 e. The van der Waals surface area contributed by atoms with Gasteiger partial charge in [0.15, 0.2) is 0 Å². The van der Waals surface area contributed by atoms with Gasteiger partial charge in [0, 0.05) is 12.6 Å². The third-order valence-electron chi connectivity index (χ3n) is 1.76. The average Bonchev–Trinajstić information content (AvgIpc) is 2.38. The Kier molecular flexibility index (Phi) is 6.74. The summed E-state index contributed by atoms with van der Waals surface area (Å²) in [7, 11) is 1.61. The molecule has 1 aromatic rings. The van der Waals surface area contributed by atoms with Crippen LogP contribution in [-0.2, 0) is 4.79 Å². The Labute approximate surface area is 111 Å². The van der Waals surface area contributed by atoms with E-state index in [1.54, 1.807) is 31.3 Å². The molecule has 0 saturated carbocycles. The lowest BCUT2D eigenvalue weighted by atomic mass is 10.1. The molecule has 0 heterocycles. The molecule has 20 heavy (non-hydrogen) atoms. The van der Waals surface area contributed by atoms with Gasteiger partial charge < -0.3 is 5.11 Å². The predicted octanol–water partition coefficient (Wildman–Crippen LogP) is 1.06. The molecule has 0 aliphatic rings. The fraction of sp³-hybridized carbons (Fsp3) is 0.182. The number of rotatable bonds is 2. The van der Waals surface area contributed by atoms with Crippen LogP contribution in [0.5, 0.6) is 0 Å². The van der Waals surface area contributed by atoms with Gasteiger partial charge in [-0.2, -0.15) is 18.4 Å². The molecule has 0 aliphatic heterocycles. The molecule has 0 saturated heterocycles. The minimum absolute atomic E-state index is 0.216. The van der Waals surface area contributed by atoms with Crippen LogP contribution >= 0.6 is 0 Å². The van der Waals surface area contributed by atoms with E-state index in [0.29, 0.717) is 11.1 Å². The van der Waals surface area contributed by atoms with Gasteiger partial charge in [-0.25, -0.2) is 10.2 Å². The largest absolute Gasteiger partial charge is 0.490 e. The average molecular weight is 289 g/mol. The van der Waals surface area contributed by atoms with E-state index in [-0.39, 0.29) is 5.91 Å². The molecule has 9 heteroatoms. The summed E-state index contributed by atoms with van der Waals surface area (Å²) >= 11 is 0. The molecule has 0 unspecified atom stereocenters. The smallest absolute Gasteiger partial charge is 0.475 e. The highest BCUT2D eigenvalue weighted by atomic mass is 19.4. The molecule has 3 N–H and O–H groups in total. The summed E-state index contributed by atoms with van der Waals surface area (Å²) in [6.45, 7) is 0. The van der Waals surface area contributed by atoms with Crippen LogP contribution in [0.1, 0.15) is 15.9 Å². The molecule has 0 aromatic heterocycles. The van der Waals surface area contributed by atoms with Crippen molar-refractivity contribution in [2.75, 3.05) is 7.05 Å². The third-order valence-corrected chi connectivity index (χ3v) is 1.76. The number of carboxylic acid groups (broad SMARTS) is 1. The van der Waals surface area contributed by atoms with Crippen molar-refractivity contribution in [3.05, 3.63) is 35.4 Å². The number of hydrogen-bond donors (Lipinski definition) is 3. The monoisotopic (exact) mass is 289 g/mol. The molecule has 0 aliphatic carbocycles. The maximum atomic E-state index is 11.2. The minimum atomic E-state index is -5.08. The molecule has 0 atom stereocenters. The van der Waals surface area contributed by atoms with Crippen LogP contribution in [0, 0.1) is 11.3 Å². The lowest BCUT2D eigenvalue weighted by Crippen LogP contribution is -2.34. The Hall–Kier alpha value is -2.60. The first-order chi connectivity index (χ1) is 9.22. The second-order valence-corrected chi connectivity index (χ2v) is 3.20. The Morgan fingerprint density at radius 2 is 1.70 bits per heavy atom. The molecular weight excluding hydrogens is 279 g/mol. The summed E-state index contributed by atoms with van der Waals surface area (Å²) in [5.41, 5.74) is 6.02. The number of amides is 1. The van der Waals surface area contributed by atoms with Crippen molar-refractivity contribution in [1.82, 2.24) is 10.9 Å². The predicted molar refractivity (Wildman–Crippen MR) is 61.4 cm³/mol. The highest BCUT2D eigenvalue weighted by Gasteiger charge is 2.38. The lowest BCUT2D eigenvalue weighted by molar-refractivity contribution is -0.192. The Balaban J connectivity index is 0.000000441. The van der Waals surface area contributed by atoms with E-state index in [2.05, 4.69) is 10.9 Å². The van der Waals surface area contributed by atoms with Crippen molar-refractivity contribution in [3.63, 3.8) is 0 Å². The van der Waals surface area contributed by atoms with Crippen molar-refractivity contribution in [3.8, 4) is 6.07 Å². The summed E-state index contributed by atoms with van der Waals surface area (Å²) in [6, 6.07) is 8.39. The van der Waals surface area contributed by atoms with E-state index in [9.17, 15) is 18.0 Å². The van der Waals surface area contributed by atoms with Gasteiger partial charge in [0.1, 0.15) is 0 Å². The fourth-order valence-electron chi connectivity index (χ4n) is 0.882. The van der Waals surface area contributed by atoms with Crippen LogP contribution in [-0.4, -0.2) is 30.2 Å². The SMILES string of the molecule is CNNC(=O)c1ccc(C#N)cc1.O=C(O)C(F)(F)F. The fourth-order valence-corrected chi connectivity index (χ4v) is 0.882. The van der Waals surface area contributed by atoms with Gasteiger partial charge in [-0.15, -0.1) is 0 Å². The second kappa shape index (κ2) is 7.75. The number of alkyl halides is 3. The van der Waals surface area contributed by atoms with E-state index >= 15 is 0 Å². The number of aliphatic carboxylic acids is 1. The van der Waals surface area contributed by atoms with Crippen LogP contribution < -0.4 is 10.9 Å². The zero-order valence-electron chi connectivity index (χ0n) is 10.2. The summed E-state index contributed by atoms with van der Waals surface area (Å²) in [4.78, 5) is 20.1. The number of nitriles is 1. The Bertz CT molecular complexity index is 506. The number of nitrogens with zero attached hydrogens (tertiary/aromatic N) is 1. The molecule has 0 bridgehead atoms. The summed E-state index contributed by atoms with van der Waals surface area (Å²) < 4.78 is 31.7. The van der Waals surface area contributed by atoms with Crippen LogP contribution in [0.3, 0.4) is 0 Å². The molecular formula is C11H10F3N3O3. The molecule has 6 nitrogen and oxygen atoms in total. The molecule has 1 amide bonds. The Morgan fingerprint density at radius 1 is 1.25 bits per heavy atom. The van der Waals surface area contributed by atoms with Gasteiger partial charge in [0.2, 0.25) is 0 Å². The quantitative estimate of drug-likeness (QED) is 0.706. The van der Waals surface area contributed by atoms with Crippen molar-refractivity contribution >= 4 is 11.9 Å². The van der Waals surface area contributed by atoms with Crippen molar-refractivity contribution in [2.45, 2.75) is 6.18 Å². The van der Waals surface area contributed by atoms with E-state index in [1.165, 1.54) is 0 Å². The van der Waals surface area contributed by atoms with Gasteiger partial charge >= 0.3 is 12.1 Å². The lowest BCUT2D eigenvalue weighted by Gasteiger charge is -2.01. The number of hydrazine groups is 1. The normalized spacial score (nSPS) is 9.75. The maximum absolute atomic E-state index is 11.2. The molecule has 1 aromatic carbocycles. The van der Waals surface area contributed by atoms with Gasteiger partial charge in [-0.05, 0) is 24.3 Å². The Morgan fingerprint density at radius 3 is 2.00 bits per heavy atom. The first-order valence-corrected chi connectivity index (χ1v) is 4.99. The second-order valence-electron chi connectivity index (χ2n) is 3.20. The number of nitrogens with one attached hydrogen (secondary N) is 2. The summed E-state index contributed by atoms with van der Waals surface area (Å²) in [5, 5.41) is 15.6. The topological polar surface area (TPSA) is 102 Å². The van der Waals surface area contributed by atoms with E-state index in [4.69, 9.17) is 15.2 Å². The zero-order valence-corrected chi connectivity index (χ0v) is 10.2. The van der Waals surface area contributed by atoms with Crippen molar-refractivity contribution < 1.29 is 27.9 Å². The van der Waals surface area contributed by atoms with E-state index in [0.717, 1.165) is 0 Å². The number of carboxylic acids is 1. The van der Waals surface area contributed by atoms with Crippen LogP contribution in [0.25, 0.3) is 0 Å². The van der Waals surface area contributed by atoms with Crippen LogP contribution in [0.15, 0.2) is 24.3 Å². The summed E-state index contributed by atoms with van der Waals surface area (Å²) in [5.74, 6) is -2.97. The number of carbonyl (C=O) groups is 2. The molecule has 0 fully saturated rings. The highest BCUT2D eigenvalue weighted by Crippen LogP contribution is 2.13. The van der Waals surface area contributed by atoms with E-state index < -0.39 is 12.1 Å². The highest BCUT2D eigenvalue weighted by molar-refractivity contribution is 5.93. The zero-order chi connectivity index (χ0) is 15.8. The van der Waals surface area contributed by atoms with Gasteiger partial charge in [0.25, 0.3) is 5.91 Å². The first kappa shape index (κ1) is 17.4. The molecule has 108 valence electrons. The number of benzene rings is 1.